The van der Waals surface area contributed by atoms with Gasteiger partial charge in [-0.3, -0.25) is 4.72 Å². The quantitative estimate of drug-likeness (QED) is 0.943. The molecular weight excluding hydrogens is 312 g/mol. The third kappa shape index (κ3) is 2.89. The first-order valence-corrected chi connectivity index (χ1v) is 8.18. The standard InChI is InChI=1S/C15H13F2NO3S/c16-11-3-5-13(17)14(9-11)18-22(19,20)12-4-6-15-10(8-12)2-1-7-21-15/h3-6,8-9,18H,1-2,7H2. The average Bonchev–Trinajstić information content (AvgIpc) is 2.50. The summed E-state index contributed by atoms with van der Waals surface area (Å²) in [6.07, 6.45) is 1.52. The van der Waals surface area contributed by atoms with Gasteiger partial charge in [-0.05, 0) is 48.7 Å². The van der Waals surface area contributed by atoms with Crippen molar-refractivity contribution in [3.63, 3.8) is 0 Å². The predicted octanol–water partition coefficient (Wildman–Crippen LogP) is 3.09. The zero-order valence-electron chi connectivity index (χ0n) is 11.5. The molecule has 0 fully saturated rings. The molecule has 1 aliphatic heterocycles. The highest BCUT2D eigenvalue weighted by Crippen LogP contribution is 2.28. The third-order valence-corrected chi connectivity index (χ3v) is 4.73. The third-order valence-electron chi connectivity index (χ3n) is 3.36. The average molecular weight is 325 g/mol. The van der Waals surface area contributed by atoms with E-state index in [4.69, 9.17) is 4.74 Å². The monoisotopic (exact) mass is 325 g/mol. The van der Waals surface area contributed by atoms with E-state index in [1.807, 2.05) is 0 Å². The zero-order valence-corrected chi connectivity index (χ0v) is 12.3. The van der Waals surface area contributed by atoms with Crippen LogP contribution >= 0.6 is 0 Å². The van der Waals surface area contributed by atoms with Crippen LogP contribution in [0.2, 0.25) is 0 Å². The van der Waals surface area contributed by atoms with Gasteiger partial charge in [0.15, 0.2) is 0 Å². The van der Waals surface area contributed by atoms with Crippen LogP contribution in [0.5, 0.6) is 5.75 Å². The normalized spacial score (nSPS) is 14.1. The minimum Gasteiger partial charge on any atom is -0.493 e. The van der Waals surface area contributed by atoms with Crippen molar-refractivity contribution in [2.45, 2.75) is 17.7 Å². The first kappa shape index (κ1) is 14.8. The Kier molecular flexibility index (Phi) is 3.74. The fourth-order valence-electron chi connectivity index (χ4n) is 2.28. The van der Waals surface area contributed by atoms with Crippen molar-refractivity contribution in [3.05, 3.63) is 53.6 Å². The largest absolute Gasteiger partial charge is 0.493 e. The van der Waals surface area contributed by atoms with Gasteiger partial charge in [-0.15, -0.1) is 0 Å². The summed E-state index contributed by atoms with van der Waals surface area (Å²) in [5, 5.41) is 0. The number of nitrogens with one attached hydrogen (secondary N) is 1. The number of hydrogen-bond acceptors (Lipinski definition) is 3. The highest BCUT2D eigenvalue weighted by Gasteiger charge is 2.20. The van der Waals surface area contributed by atoms with Crippen LogP contribution in [0.25, 0.3) is 0 Å². The molecule has 0 spiro atoms. The smallest absolute Gasteiger partial charge is 0.262 e. The Labute approximate surface area is 126 Å². The first-order valence-electron chi connectivity index (χ1n) is 6.69. The van der Waals surface area contributed by atoms with Crippen molar-refractivity contribution < 1.29 is 21.9 Å². The van der Waals surface area contributed by atoms with Crippen LogP contribution in [0.4, 0.5) is 14.5 Å². The van der Waals surface area contributed by atoms with Crippen LogP contribution < -0.4 is 9.46 Å². The molecule has 0 amide bonds. The molecule has 0 atom stereocenters. The van der Waals surface area contributed by atoms with Crippen LogP contribution in [-0.4, -0.2) is 15.0 Å². The Balaban J connectivity index is 1.94. The number of sulfonamides is 1. The van der Waals surface area contributed by atoms with Crippen LogP contribution in [0.1, 0.15) is 12.0 Å². The van der Waals surface area contributed by atoms with Gasteiger partial charge in [0.05, 0.1) is 17.2 Å². The van der Waals surface area contributed by atoms with Gasteiger partial charge in [0.2, 0.25) is 0 Å². The topological polar surface area (TPSA) is 55.4 Å². The Morgan fingerprint density at radius 2 is 1.91 bits per heavy atom. The summed E-state index contributed by atoms with van der Waals surface area (Å²) < 4.78 is 58.8. The van der Waals surface area contributed by atoms with E-state index in [2.05, 4.69) is 4.72 Å². The summed E-state index contributed by atoms with van der Waals surface area (Å²) in [5.41, 5.74) is 0.364. The SMILES string of the molecule is O=S(=O)(Nc1cc(F)ccc1F)c1ccc2c(c1)CCCO2. The van der Waals surface area contributed by atoms with E-state index in [-0.39, 0.29) is 4.90 Å². The number of aryl methyl sites for hydroxylation is 1. The van der Waals surface area contributed by atoms with Crippen molar-refractivity contribution in [1.82, 2.24) is 0 Å². The molecule has 2 aromatic rings. The molecule has 0 radical (unpaired) electrons. The molecule has 116 valence electrons. The number of fused-ring (bicyclic) bond motifs is 1. The van der Waals surface area contributed by atoms with Crippen molar-refractivity contribution in [1.29, 1.82) is 0 Å². The van der Waals surface area contributed by atoms with Crippen LogP contribution in [-0.2, 0) is 16.4 Å². The highest BCUT2D eigenvalue weighted by atomic mass is 32.2. The minimum absolute atomic E-state index is 0.0135. The molecule has 0 unspecified atom stereocenters. The Hall–Kier alpha value is -2.15. The van der Waals surface area contributed by atoms with Crippen molar-refractivity contribution >= 4 is 15.7 Å². The highest BCUT2D eigenvalue weighted by molar-refractivity contribution is 7.92. The van der Waals surface area contributed by atoms with E-state index in [9.17, 15) is 17.2 Å². The summed E-state index contributed by atoms with van der Waals surface area (Å²) >= 11 is 0. The van der Waals surface area contributed by atoms with E-state index >= 15 is 0 Å². The molecular formula is C15H13F2NO3S. The van der Waals surface area contributed by atoms with Gasteiger partial charge in [0, 0.05) is 6.07 Å². The molecule has 7 heteroatoms. The molecule has 22 heavy (non-hydrogen) atoms. The number of ether oxygens (including phenoxy) is 1. The summed E-state index contributed by atoms with van der Waals surface area (Å²) in [4.78, 5) is -0.0135. The number of anilines is 1. The van der Waals surface area contributed by atoms with Gasteiger partial charge in [-0.1, -0.05) is 0 Å². The number of benzene rings is 2. The summed E-state index contributed by atoms with van der Waals surface area (Å²) in [6.45, 7) is 0.603. The van der Waals surface area contributed by atoms with Gasteiger partial charge in [-0.25, -0.2) is 17.2 Å². The van der Waals surface area contributed by atoms with E-state index in [1.54, 1.807) is 6.07 Å². The van der Waals surface area contributed by atoms with E-state index in [0.717, 1.165) is 30.2 Å². The second kappa shape index (κ2) is 5.57. The predicted molar refractivity (Wildman–Crippen MR) is 77.4 cm³/mol. The molecule has 0 bridgehead atoms. The fourth-order valence-corrected chi connectivity index (χ4v) is 3.39. The van der Waals surface area contributed by atoms with Gasteiger partial charge in [-0.2, -0.15) is 0 Å². The molecule has 1 aliphatic rings. The fraction of sp³-hybridized carbons (Fsp3) is 0.200. The molecule has 3 rings (SSSR count). The zero-order chi connectivity index (χ0) is 15.7. The maximum atomic E-state index is 13.6. The molecule has 1 N–H and O–H groups in total. The molecule has 0 aromatic heterocycles. The number of halogens is 2. The van der Waals surface area contributed by atoms with Crippen molar-refractivity contribution in [2.24, 2.45) is 0 Å². The first-order chi connectivity index (χ1) is 10.5. The Bertz CT molecular complexity index is 822. The Morgan fingerprint density at radius 1 is 1.09 bits per heavy atom. The summed E-state index contributed by atoms with van der Waals surface area (Å²) in [6, 6.07) is 7.04. The molecule has 0 aliphatic carbocycles. The maximum absolute atomic E-state index is 13.6. The lowest BCUT2D eigenvalue weighted by molar-refractivity contribution is 0.288. The second-order valence-electron chi connectivity index (χ2n) is 4.95. The molecule has 0 saturated heterocycles. The van der Waals surface area contributed by atoms with Gasteiger partial charge in [0.25, 0.3) is 10.0 Å². The molecule has 4 nitrogen and oxygen atoms in total. The lowest BCUT2D eigenvalue weighted by atomic mass is 10.1. The van der Waals surface area contributed by atoms with Crippen LogP contribution in [0, 0.1) is 11.6 Å². The lowest BCUT2D eigenvalue weighted by Crippen LogP contribution is -2.15. The summed E-state index contributed by atoms with van der Waals surface area (Å²) in [5.74, 6) is -0.911. The van der Waals surface area contributed by atoms with Crippen molar-refractivity contribution in [3.8, 4) is 5.75 Å². The molecule has 1 heterocycles. The molecule has 2 aromatic carbocycles. The van der Waals surface area contributed by atoms with Gasteiger partial charge < -0.3 is 4.74 Å². The summed E-state index contributed by atoms with van der Waals surface area (Å²) in [7, 11) is -4.00. The number of hydrogen-bond donors (Lipinski definition) is 1. The van der Waals surface area contributed by atoms with Crippen molar-refractivity contribution in [2.75, 3.05) is 11.3 Å². The van der Waals surface area contributed by atoms with Gasteiger partial charge in [0.1, 0.15) is 17.4 Å². The van der Waals surface area contributed by atoms with E-state index in [1.165, 1.54) is 12.1 Å². The minimum atomic E-state index is -4.00. The van der Waals surface area contributed by atoms with E-state index < -0.39 is 27.3 Å². The lowest BCUT2D eigenvalue weighted by Gasteiger charge is -2.18. The van der Waals surface area contributed by atoms with Crippen LogP contribution in [0.15, 0.2) is 41.3 Å². The van der Waals surface area contributed by atoms with Gasteiger partial charge >= 0.3 is 0 Å². The number of rotatable bonds is 3. The van der Waals surface area contributed by atoms with E-state index in [0.29, 0.717) is 18.8 Å². The molecule has 0 saturated carbocycles. The Morgan fingerprint density at radius 3 is 2.73 bits per heavy atom. The van der Waals surface area contributed by atoms with Crippen LogP contribution in [0.3, 0.4) is 0 Å². The maximum Gasteiger partial charge on any atom is 0.262 e. The second-order valence-corrected chi connectivity index (χ2v) is 6.63.